The number of halogens is 1. The quantitative estimate of drug-likeness (QED) is 0.343. The predicted octanol–water partition coefficient (Wildman–Crippen LogP) is 6.40. The molecule has 2 heterocycles. The van der Waals surface area contributed by atoms with Crippen molar-refractivity contribution in [3.63, 3.8) is 0 Å². The summed E-state index contributed by atoms with van der Waals surface area (Å²) in [6, 6.07) is 26.1. The van der Waals surface area contributed by atoms with E-state index in [9.17, 15) is 0 Å². The van der Waals surface area contributed by atoms with Gasteiger partial charge in [0.05, 0.1) is 7.11 Å². The first kappa shape index (κ1) is 21.8. The van der Waals surface area contributed by atoms with Gasteiger partial charge in [0.25, 0.3) is 0 Å². The van der Waals surface area contributed by atoms with Gasteiger partial charge in [0, 0.05) is 47.2 Å². The lowest BCUT2D eigenvalue weighted by Crippen LogP contribution is -2.53. The zero-order valence-electron chi connectivity index (χ0n) is 19.9. The maximum Gasteiger partial charge on any atom is 0.119 e. The smallest absolute Gasteiger partial charge is 0.119 e. The molecule has 34 heavy (non-hydrogen) atoms. The molecule has 1 aliphatic heterocycles. The Labute approximate surface area is 206 Å². The number of hydrogen-bond acceptors (Lipinski definition) is 2. The molecule has 174 valence electrons. The van der Waals surface area contributed by atoms with Gasteiger partial charge in [-0.1, -0.05) is 54.1 Å². The summed E-state index contributed by atoms with van der Waals surface area (Å²) in [5.41, 5.74) is 7.17. The highest BCUT2D eigenvalue weighted by Crippen LogP contribution is 2.50. The topological polar surface area (TPSA) is 17.4 Å². The lowest BCUT2D eigenvalue weighted by Gasteiger charge is -2.51. The van der Waals surface area contributed by atoms with E-state index in [1.165, 1.54) is 33.3 Å². The van der Waals surface area contributed by atoms with E-state index in [1.54, 1.807) is 7.11 Å². The minimum atomic E-state index is 0.112. The van der Waals surface area contributed by atoms with Crippen LogP contribution >= 0.6 is 11.6 Å². The summed E-state index contributed by atoms with van der Waals surface area (Å²) in [5, 5.41) is 2.14. The summed E-state index contributed by atoms with van der Waals surface area (Å²) in [7, 11) is 3.99. The van der Waals surface area contributed by atoms with Crippen molar-refractivity contribution in [2.75, 3.05) is 20.2 Å². The summed E-state index contributed by atoms with van der Waals surface area (Å²) in [5.74, 6) is 1.49. The molecule has 1 aliphatic carbocycles. The molecule has 0 spiro atoms. The van der Waals surface area contributed by atoms with E-state index in [0.717, 1.165) is 49.7 Å². The van der Waals surface area contributed by atoms with E-state index in [4.69, 9.17) is 16.3 Å². The van der Waals surface area contributed by atoms with E-state index >= 15 is 0 Å². The molecule has 3 aromatic carbocycles. The van der Waals surface area contributed by atoms with Crippen molar-refractivity contribution >= 4 is 22.5 Å². The molecule has 6 rings (SSSR count). The number of aryl methyl sites for hydroxylation is 1. The fraction of sp³-hybridized carbons (Fsp3) is 0.333. The van der Waals surface area contributed by atoms with Crippen LogP contribution in [-0.2, 0) is 31.8 Å². The van der Waals surface area contributed by atoms with Crippen LogP contribution in [0, 0.1) is 5.92 Å². The molecule has 2 atom stereocenters. The van der Waals surface area contributed by atoms with Crippen LogP contribution in [0.2, 0.25) is 5.02 Å². The molecule has 0 saturated carbocycles. The van der Waals surface area contributed by atoms with Crippen LogP contribution in [0.4, 0.5) is 0 Å². The largest absolute Gasteiger partial charge is 0.497 e. The van der Waals surface area contributed by atoms with Gasteiger partial charge in [-0.2, -0.15) is 0 Å². The second-order valence-corrected chi connectivity index (χ2v) is 10.5. The van der Waals surface area contributed by atoms with Crippen molar-refractivity contribution in [1.29, 1.82) is 0 Å². The van der Waals surface area contributed by atoms with Crippen LogP contribution in [0.5, 0.6) is 5.75 Å². The molecule has 0 bridgehead atoms. The second-order valence-electron chi connectivity index (χ2n) is 10.1. The van der Waals surface area contributed by atoms with Crippen molar-refractivity contribution in [2.45, 2.75) is 31.2 Å². The van der Waals surface area contributed by atoms with Gasteiger partial charge in [0.2, 0.25) is 0 Å². The number of methoxy groups -OCH3 is 1. The van der Waals surface area contributed by atoms with Gasteiger partial charge >= 0.3 is 0 Å². The van der Waals surface area contributed by atoms with Crippen molar-refractivity contribution < 1.29 is 4.74 Å². The Hall–Kier alpha value is -2.75. The molecule has 4 aromatic rings. The Morgan fingerprint density at radius 2 is 1.88 bits per heavy atom. The fourth-order valence-electron chi connectivity index (χ4n) is 6.58. The molecular weight excluding hydrogens is 440 g/mol. The summed E-state index contributed by atoms with van der Waals surface area (Å²) in [6.45, 7) is 3.22. The first-order chi connectivity index (χ1) is 16.6. The third kappa shape index (κ3) is 3.54. The highest BCUT2D eigenvalue weighted by molar-refractivity contribution is 6.31. The van der Waals surface area contributed by atoms with Crippen LogP contribution in [0.1, 0.15) is 28.8 Å². The van der Waals surface area contributed by atoms with Gasteiger partial charge in [-0.15, -0.1) is 0 Å². The van der Waals surface area contributed by atoms with Gasteiger partial charge in [0.15, 0.2) is 0 Å². The summed E-state index contributed by atoms with van der Waals surface area (Å²) in [4.78, 5) is 2.65. The van der Waals surface area contributed by atoms with E-state index in [-0.39, 0.29) is 5.41 Å². The Morgan fingerprint density at radius 1 is 1.03 bits per heavy atom. The van der Waals surface area contributed by atoms with Gasteiger partial charge in [-0.3, -0.25) is 4.90 Å². The van der Waals surface area contributed by atoms with Crippen molar-refractivity contribution in [3.05, 3.63) is 100 Å². The average Bonchev–Trinajstić information content (AvgIpc) is 3.13. The van der Waals surface area contributed by atoms with E-state index < -0.39 is 0 Å². The SMILES string of the molecule is COc1cccc(C23CCN(Cc4ccccc4)CC2Cc2c(n(C)c4ccc(Cl)cc24)C3)c1. The normalized spacial score (nSPS) is 22.4. The molecule has 2 aliphatic rings. The predicted molar refractivity (Wildman–Crippen MR) is 140 cm³/mol. The number of likely N-dealkylation sites (tertiary alicyclic amines) is 1. The maximum absolute atomic E-state index is 6.45. The molecule has 0 radical (unpaired) electrons. The highest BCUT2D eigenvalue weighted by Gasteiger charge is 2.48. The van der Waals surface area contributed by atoms with Crippen LogP contribution in [0.15, 0.2) is 72.8 Å². The maximum atomic E-state index is 6.45. The number of piperidine rings is 1. The monoisotopic (exact) mass is 470 g/mol. The van der Waals surface area contributed by atoms with Gasteiger partial charge in [-0.05, 0) is 78.7 Å². The zero-order chi connectivity index (χ0) is 23.3. The van der Waals surface area contributed by atoms with Crippen LogP contribution in [0.25, 0.3) is 10.9 Å². The van der Waals surface area contributed by atoms with E-state index in [0.29, 0.717) is 5.92 Å². The molecule has 3 nitrogen and oxygen atoms in total. The zero-order valence-corrected chi connectivity index (χ0v) is 20.7. The van der Waals surface area contributed by atoms with Crippen LogP contribution < -0.4 is 4.74 Å². The van der Waals surface area contributed by atoms with Gasteiger partial charge in [-0.25, -0.2) is 0 Å². The van der Waals surface area contributed by atoms with Gasteiger partial charge in [0.1, 0.15) is 5.75 Å². The third-order valence-electron chi connectivity index (χ3n) is 8.36. The summed E-state index contributed by atoms with van der Waals surface area (Å²) in [6.07, 6.45) is 3.29. The molecule has 2 unspecified atom stereocenters. The Balaban J connectivity index is 1.44. The first-order valence-corrected chi connectivity index (χ1v) is 12.6. The van der Waals surface area contributed by atoms with E-state index in [1.807, 2.05) is 6.07 Å². The minimum Gasteiger partial charge on any atom is -0.497 e. The molecule has 0 N–H and O–H groups in total. The third-order valence-corrected chi connectivity index (χ3v) is 8.59. The Morgan fingerprint density at radius 3 is 2.71 bits per heavy atom. The Kier molecular flexibility index (Phi) is 5.43. The van der Waals surface area contributed by atoms with Crippen molar-refractivity contribution in [3.8, 4) is 5.75 Å². The highest BCUT2D eigenvalue weighted by atomic mass is 35.5. The standard InChI is InChI=1S/C30H31ClN2O/c1-32-28-12-11-24(31)17-27(28)26-16-23-20-33(19-21-7-4-3-5-8-21)14-13-30(23,18-29(26)32)22-9-6-10-25(15-22)34-2/h3-12,15,17,23H,13-14,16,18-20H2,1-2H3. The average molecular weight is 471 g/mol. The van der Waals surface area contributed by atoms with Crippen molar-refractivity contribution in [1.82, 2.24) is 9.47 Å². The molecule has 1 aromatic heterocycles. The number of nitrogens with zero attached hydrogens (tertiary/aromatic N) is 2. The number of aromatic nitrogens is 1. The first-order valence-electron chi connectivity index (χ1n) is 12.2. The number of rotatable bonds is 4. The molecular formula is C30H31ClN2O. The number of ether oxygens (including phenoxy) is 1. The number of fused-ring (bicyclic) bond motifs is 4. The van der Waals surface area contributed by atoms with Gasteiger partial charge < -0.3 is 9.30 Å². The number of hydrogen-bond donors (Lipinski definition) is 0. The Bertz CT molecular complexity index is 1340. The van der Waals surface area contributed by atoms with Crippen molar-refractivity contribution in [2.24, 2.45) is 13.0 Å². The lowest BCUT2D eigenvalue weighted by atomic mass is 9.58. The summed E-state index contributed by atoms with van der Waals surface area (Å²) >= 11 is 6.45. The molecule has 1 fully saturated rings. The van der Waals surface area contributed by atoms with Crippen LogP contribution in [-0.4, -0.2) is 29.7 Å². The minimum absolute atomic E-state index is 0.112. The number of benzene rings is 3. The second kappa shape index (κ2) is 8.48. The van der Waals surface area contributed by atoms with Crippen LogP contribution in [0.3, 0.4) is 0 Å². The van der Waals surface area contributed by atoms with E-state index in [2.05, 4.69) is 83.2 Å². The molecule has 4 heteroatoms. The fourth-order valence-corrected chi connectivity index (χ4v) is 6.75. The lowest BCUT2D eigenvalue weighted by molar-refractivity contribution is 0.0758. The molecule has 0 amide bonds. The summed E-state index contributed by atoms with van der Waals surface area (Å²) < 4.78 is 8.06. The molecule has 1 saturated heterocycles.